The van der Waals surface area contributed by atoms with Crippen LogP contribution in [0.3, 0.4) is 0 Å². The minimum Gasteiger partial charge on any atom is -0.496 e. The van der Waals surface area contributed by atoms with Crippen molar-refractivity contribution in [1.29, 1.82) is 0 Å². The molecule has 0 radical (unpaired) electrons. The third-order valence-corrected chi connectivity index (χ3v) is 2.10. The number of carbonyl (C=O) groups excluding carboxylic acids is 1. The maximum Gasteiger partial charge on any atom is 0.330 e. The molecule has 1 rings (SSSR count). The number of ether oxygens (including phenoxy) is 2. The minimum absolute atomic E-state index is 0.329. The van der Waals surface area contributed by atoms with Crippen molar-refractivity contribution in [2.45, 2.75) is 13.8 Å². The van der Waals surface area contributed by atoms with Gasteiger partial charge in [0, 0.05) is 11.6 Å². The normalized spacial score (nSPS) is 10.8. The first-order valence-electron chi connectivity index (χ1n) is 5.61. The van der Waals surface area contributed by atoms with Crippen LogP contribution in [0.4, 0.5) is 0 Å². The summed E-state index contributed by atoms with van der Waals surface area (Å²) in [6.07, 6.45) is 3.11. The van der Waals surface area contributed by atoms with E-state index >= 15 is 0 Å². The van der Waals surface area contributed by atoms with Crippen molar-refractivity contribution in [3.63, 3.8) is 0 Å². The number of methoxy groups -OCH3 is 1. The number of hydrogen-bond acceptors (Lipinski definition) is 3. The molecular weight excluding hydrogens is 216 g/mol. The maximum absolute atomic E-state index is 11.4. The summed E-state index contributed by atoms with van der Waals surface area (Å²) in [5.74, 6) is 0.753. The van der Waals surface area contributed by atoms with E-state index in [1.165, 1.54) is 6.08 Å². The summed E-state index contributed by atoms with van der Waals surface area (Å²) in [6.45, 7) is 4.43. The largest absolute Gasteiger partial charge is 0.496 e. The Bertz CT molecular complexity index is 394. The maximum atomic E-state index is 11.4. The Labute approximate surface area is 102 Å². The van der Waals surface area contributed by atoms with Crippen LogP contribution in [0.15, 0.2) is 30.3 Å². The van der Waals surface area contributed by atoms with Crippen LogP contribution in [0, 0.1) is 5.92 Å². The van der Waals surface area contributed by atoms with Crippen molar-refractivity contribution in [2.75, 3.05) is 13.7 Å². The van der Waals surface area contributed by atoms with Gasteiger partial charge in [0.05, 0.1) is 13.7 Å². The fraction of sp³-hybridized carbons (Fsp3) is 0.357. The van der Waals surface area contributed by atoms with E-state index in [2.05, 4.69) is 0 Å². The van der Waals surface area contributed by atoms with Crippen LogP contribution in [0.5, 0.6) is 5.75 Å². The number of rotatable bonds is 5. The third kappa shape index (κ3) is 4.72. The van der Waals surface area contributed by atoms with Crippen LogP contribution in [0.25, 0.3) is 6.08 Å². The number of carbonyl (C=O) groups is 1. The number of para-hydroxylation sites is 1. The fourth-order valence-corrected chi connectivity index (χ4v) is 1.26. The molecule has 0 saturated carbocycles. The molecule has 1 aromatic rings. The number of hydrogen-bond donors (Lipinski definition) is 0. The average Bonchev–Trinajstić information content (AvgIpc) is 2.34. The van der Waals surface area contributed by atoms with Gasteiger partial charge in [0.1, 0.15) is 5.75 Å². The average molecular weight is 234 g/mol. The highest BCUT2D eigenvalue weighted by molar-refractivity contribution is 5.87. The monoisotopic (exact) mass is 234 g/mol. The zero-order valence-corrected chi connectivity index (χ0v) is 10.5. The van der Waals surface area contributed by atoms with Crippen LogP contribution >= 0.6 is 0 Å². The summed E-state index contributed by atoms with van der Waals surface area (Å²) in [4.78, 5) is 11.4. The molecule has 3 heteroatoms. The van der Waals surface area contributed by atoms with Gasteiger partial charge in [0.25, 0.3) is 0 Å². The highest BCUT2D eigenvalue weighted by Crippen LogP contribution is 2.18. The highest BCUT2D eigenvalue weighted by atomic mass is 16.5. The first-order chi connectivity index (χ1) is 8.13. The summed E-state index contributed by atoms with van der Waals surface area (Å²) in [7, 11) is 1.60. The van der Waals surface area contributed by atoms with E-state index in [-0.39, 0.29) is 5.97 Å². The predicted molar refractivity (Wildman–Crippen MR) is 67.8 cm³/mol. The molecule has 17 heavy (non-hydrogen) atoms. The Morgan fingerprint density at radius 1 is 1.35 bits per heavy atom. The summed E-state index contributed by atoms with van der Waals surface area (Å²) in [5, 5.41) is 0. The third-order valence-electron chi connectivity index (χ3n) is 2.10. The Kier molecular flexibility index (Phi) is 5.27. The SMILES string of the molecule is COc1ccccc1/C=C/C(=O)OCC(C)C. The molecule has 0 atom stereocenters. The molecule has 92 valence electrons. The molecule has 0 N–H and O–H groups in total. The van der Waals surface area contributed by atoms with Crippen LogP contribution < -0.4 is 4.74 Å². The van der Waals surface area contributed by atoms with Crippen LogP contribution in [0.1, 0.15) is 19.4 Å². The topological polar surface area (TPSA) is 35.5 Å². The van der Waals surface area contributed by atoms with E-state index in [0.29, 0.717) is 12.5 Å². The molecule has 0 amide bonds. The molecule has 0 fully saturated rings. The standard InChI is InChI=1S/C14H18O3/c1-11(2)10-17-14(15)9-8-12-6-4-5-7-13(12)16-3/h4-9,11H,10H2,1-3H3/b9-8+. The second-order valence-corrected chi connectivity index (χ2v) is 4.10. The first-order valence-corrected chi connectivity index (χ1v) is 5.61. The molecule has 0 heterocycles. The lowest BCUT2D eigenvalue weighted by atomic mass is 10.2. The summed E-state index contributed by atoms with van der Waals surface area (Å²) < 4.78 is 10.2. The van der Waals surface area contributed by atoms with E-state index < -0.39 is 0 Å². The zero-order chi connectivity index (χ0) is 12.7. The molecule has 0 aromatic heterocycles. The van der Waals surface area contributed by atoms with Crippen LogP contribution in [-0.4, -0.2) is 19.7 Å². The van der Waals surface area contributed by atoms with E-state index in [9.17, 15) is 4.79 Å². The van der Waals surface area contributed by atoms with Crippen LogP contribution in [-0.2, 0) is 9.53 Å². The molecule has 0 unspecified atom stereocenters. The Balaban J connectivity index is 2.60. The van der Waals surface area contributed by atoms with Gasteiger partial charge in [-0.25, -0.2) is 4.79 Å². The van der Waals surface area contributed by atoms with Crippen molar-refractivity contribution < 1.29 is 14.3 Å². The molecule has 1 aromatic carbocycles. The molecule has 0 spiro atoms. The van der Waals surface area contributed by atoms with E-state index in [1.807, 2.05) is 38.1 Å². The molecule has 0 aliphatic heterocycles. The fourth-order valence-electron chi connectivity index (χ4n) is 1.26. The van der Waals surface area contributed by atoms with Gasteiger partial charge in [-0.3, -0.25) is 0 Å². The van der Waals surface area contributed by atoms with E-state index in [4.69, 9.17) is 9.47 Å². The molecule has 0 saturated heterocycles. The van der Waals surface area contributed by atoms with E-state index in [1.54, 1.807) is 13.2 Å². The van der Waals surface area contributed by atoms with Crippen molar-refractivity contribution in [3.8, 4) is 5.75 Å². The van der Waals surface area contributed by atoms with Gasteiger partial charge in [-0.15, -0.1) is 0 Å². The Morgan fingerprint density at radius 3 is 2.71 bits per heavy atom. The Morgan fingerprint density at radius 2 is 2.06 bits per heavy atom. The molecule has 0 aliphatic rings. The second-order valence-electron chi connectivity index (χ2n) is 4.10. The highest BCUT2D eigenvalue weighted by Gasteiger charge is 2.01. The van der Waals surface area contributed by atoms with E-state index in [0.717, 1.165) is 11.3 Å². The molecule has 3 nitrogen and oxygen atoms in total. The quantitative estimate of drug-likeness (QED) is 0.580. The minimum atomic E-state index is -0.329. The van der Waals surface area contributed by atoms with Crippen molar-refractivity contribution in [2.24, 2.45) is 5.92 Å². The van der Waals surface area contributed by atoms with Gasteiger partial charge in [0.15, 0.2) is 0 Å². The van der Waals surface area contributed by atoms with Gasteiger partial charge < -0.3 is 9.47 Å². The van der Waals surface area contributed by atoms with Crippen molar-refractivity contribution in [3.05, 3.63) is 35.9 Å². The first kappa shape index (κ1) is 13.3. The summed E-state index contributed by atoms with van der Waals surface area (Å²) in [6, 6.07) is 7.50. The number of esters is 1. The number of benzene rings is 1. The van der Waals surface area contributed by atoms with Gasteiger partial charge in [-0.2, -0.15) is 0 Å². The van der Waals surface area contributed by atoms with Gasteiger partial charge in [-0.1, -0.05) is 32.0 Å². The smallest absolute Gasteiger partial charge is 0.330 e. The lowest BCUT2D eigenvalue weighted by molar-refractivity contribution is -0.138. The second kappa shape index (κ2) is 6.74. The Hall–Kier alpha value is -1.77. The zero-order valence-electron chi connectivity index (χ0n) is 10.5. The summed E-state index contributed by atoms with van der Waals surface area (Å²) >= 11 is 0. The van der Waals surface area contributed by atoms with Crippen LogP contribution in [0.2, 0.25) is 0 Å². The summed E-state index contributed by atoms with van der Waals surface area (Å²) in [5.41, 5.74) is 0.858. The molecular formula is C14H18O3. The van der Waals surface area contributed by atoms with Gasteiger partial charge in [0.2, 0.25) is 0 Å². The van der Waals surface area contributed by atoms with Crippen molar-refractivity contribution >= 4 is 12.0 Å². The lowest BCUT2D eigenvalue weighted by Crippen LogP contribution is -2.06. The molecule has 0 bridgehead atoms. The molecule has 0 aliphatic carbocycles. The predicted octanol–water partition coefficient (Wildman–Crippen LogP) is 2.91. The lowest BCUT2D eigenvalue weighted by Gasteiger charge is -2.05. The van der Waals surface area contributed by atoms with Crippen molar-refractivity contribution in [1.82, 2.24) is 0 Å². The van der Waals surface area contributed by atoms with Gasteiger partial charge in [-0.05, 0) is 18.1 Å². The van der Waals surface area contributed by atoms with Gasteiger partial charge >= 0.3 is 5.97 Å².